The number of nitrogens with one attached hydrogen (secondary N) is 2. The first-order chi connectivity index (χ1) is 7.74. The van der Waals surface area contributed by atoms with Crippen LogP contribution >= 0.6 is 0 Å². The van der Waals surface area contributed by atoms with Crippen molar-refractivity contribution in [2.75, 3.05) is 0 Å². The van der Waals surface area contributed by atoms with Gasteiger partial charge < -0.3 is 0 Å². The highest BCUT2D eigenvalue weighted by atomic mass is 16.2. The van der Waals surface area contributed by atoms with Crippen LogP contribution in [0.15, 0.2) is 39.9 Å². The monoisotopic (exact) mass is 216 g/mol. The van der Waals surface area contributed by atoms with E-state index in [0.29, 0.717) is 5.56 Å². The van der Waals surface area contributed by atoms with E-state index in [0.717, 1.165) is 4.57 Å². The molecule has 6 heteroatoms. The van der Waals surface area contributed by atoms with Crippen molar-refractivity contribution in [2.45, 2.75) is 6.04 Å². The Kier molecular flexibility index (Phi) is 2.44. The molecule has 0 amide bonds. The van der Waals surface area contributed by atoms with Gasteiger partial charge in [0.1, 0.15) is 0 Å². The Morgan fingerprint density at radius 1 is 1.12 bits per heavy atom. The molecule has 0 saturated carbocycles. The summed E-state index contributed by atoms with van der Waals surface area (Å²) in [5, 5.41) is 13.3. The molecular formula is C10H8N4O2. The quantitative estimate of drug-likeness (QED) is 0.738. The minimum Gasteiger partial charge on any atom is -0.247 e. The lowest BCUT2D eigenvalue weighted by molar-refractivity contribution is 0.660. The SMILES string of the molecule is N#CC(c1ccccc1)n1c(=O)[nH][nH]c1=O. The average Bonchev–Trinajstić information content (AvgIpc) is 2.63. The molecule has 0 bridgehead atoms. The van der Waals surface area contributed by atoms with Crippen LogP contribution in [0.3, 0.4) is 0 Å². The molecular weight excluding hydrogens is 208 g/mol. The summed E-state index contributed by atoms with van der Waals surface area (Å²) in [6.45, 7) is 0. The fourth-order valence-corrected chi connectivity index (χ4v) is 1.47. The van der Waals surface area contributed by atoms with E-state index in [2.05, 4.69) is 10.2 Å². The van der Waals surface area contributed by atoms with Crippen molar-refractivity contribution in [2.24, 2.45) is 0 Å². The maximum absolute atomic E-state index is 11.3. The van der Waals surface area contributed by atoms with Gasteiger partial charge in [0.25, 0.3) is 0 Å². The molecule has 1 unspecified atom stereocenters. The van der Waals surface area contributed by atoms with Gasteiger partial charge in [0.15, 0.2) is 6.04 Å². The number of aromatic nitrogens is 3. The van der Waals surface area contributed by atoms with Gasteiger partial charge in [0.2, 0.25) is 0 Å². The van der Waals surface area contributed by atoms with Crippen LogP contribution in [0.4, 0.5) is 0 Å². The van der Waals surface area contributed by atoms with Crippen LogP contribution < -0.4 is 11.4 Å². The van der Waals surface area contributed by atoms with E-state index in [4.69, 9.17) is 5.26 Å². The average molecular weight is 216 g/mol. The summed E-state index contributed by atoms with van der Waals surface area (Å²) in [7, 11) is 0. The predicted molar refractivity (Wildman–Crippen MR) is 55.9 cm³/mol. The Bertz CT molecular complexity index is 602. The van der Waals surface area contributed by atoms with Crippen LogP contribution in [0.2, 0.25) is 0 Å². The van der Waals surface area contributed by atoms with Crippen molar-refractivity contribution in [3.63, 3.8) is 0 Å². The second-order valence-corrected chi connectivity index (χ2v) is 3.17. The molecule has 0 aliphatic rings. The minimum absolute atomic E-state index is 0.595. The van der Waals surface area contributed by atoms with Gasteiger partial charge in [0.05, 0.1) is 6.07 Å². The zero-order valence-electron chi connectivity index (χ0n) is 8.18. The standard InChI is InChI=1S/C10H8N4O2/c11-6-8(7-4-2-1-3-5-7)14-9(15)12-13-10(14)16/h1-5,8H,(H,12,15)(H,13,16). The molecule has 2 aromatic rings. The molecule has 6 nitrogen and oxygen atoms in total. The number of H-pyrrole nitrogens is 2. The van der Waals surface area contributed by atoms with Gasteiger partial charge in [0, 0.05) is 0 Å². The summed E-state index contributed by atoms with van der Waals surface area (Å²) in [6, 6.07) is 9.66. The Balaban J connectivity index is 2.59. The lowest BCUT2D eigenvalue weighted by Gasteiger charge is -2.07. The second-order valence-electron chi connectivity index (χ2n) is 3.17. The highest BCUT2D eigenvalue weighted by Crippen LogP contribution is 2.12. The van der Waals surface area contributed by atoms with Gasteiger partial charge in [-0.05, 0) is 5.56 Å². The van der Waals surface area contributed by atoms with E-state index in [-0.39, 0.29) is 0 Å². The molecule has 0 saturated heterocycles. The summed E-state index contributed by atoms with van der Waals surface area (Å²) < 4.78 is 0.843. The molecule has 1 aromatic carbocycles. The highest BCUT2D eigenvalue weighted by molar-refractivity contribution is 5.24. The number of hydrogen-bond acceptors (Lipinski definition) is 3. The third-order valence-corrected chi connectivity index (χ3v) is 2.21. The first kappa shape index (κ1) is 9.98. The van der Waals surface area contributed by atoms with E-state index in [1.807, 2.05) is 6.07 Å². The van der Waals surface area contributed by atoms with Gasteiger partial charge >= 0.3 is 11.4 Å². The molecule has 1 atom stereocenters. The number of rotatable bonds is 2. The molecule has 0 fully saturated rings. The highest BCUT2D eigenvalue weighted by Gasteiger charge is 2.17. The lowest BCUT2D eigenvalue weighted by atomic mass is 10.1. The van der Waals surface area contributed by atoms with Gasteiger partial charge in [-0.25, -0.2) is 24.4 Å². The minimum atomic E-state index is -0.913. The Morgan fingerprint density at radius 3 is 2.19 bits per heavy atom. The molecule has 2 N–H and O–H groups in total. The van der Waals surface area contributed by atoms with E-state index in [1.165, 1.54) is 0 Å². The summed E-state index contributed by atoms with van der Waals surface area (Å²) in [5.41, 5.74) is -0.655. The van der Waals surface area contributed by atoms with Crippen LogP contribution in [0, 0.1) is 11.3 Å². The van der Waals surface area contributed by atoms with Gasteiger partial charge in [-0.1, -0.05) is 30.3 Å². The van der Waals surface area contributed by atoms with Gasteiger partial charge in [-0.15, -0.1) is 0 Å². The summed E-state index contributed by atoms with van der Waals surface area (Å²) in [5.74, 6) is 0. The van der Waals surface area contributed by atoms with Crippen molar-refractivity contribution in [3.8, 4) is 6.07 Å². The largest absolute Gasteiger partial charge is 0.345 e. The van der Waals surface area contributed by atoms with Crippen molar-refractivity contribution < 1.29 is 0 Å². The van der Waals surface area contributed by atoms with Crippen LogP contribution in [0.25, 0.3) is 0 Å². The molecule has 1 heterocycles. The Morgan fingerprint density at radius 2 is 1.69 bits per heavy atom. The first-order valence-corrected chi connectivity index (χ1v) is 4.58. The molecule has 16 heavy (non-hydrogen) atoms. The topological polar surface area (TPSA) is 94.4 Å². The molecule has 80 valence electrons. The number of hydrogen-bond donors (Lipinski definition) is 2. The number of benzene rings is 1. The Labute approximate surface area is 89.8 Å². The summed E-state index contributed by atoms with van der Waals surface area (Å²) in [6.07, 6.45) is 0. The molecule has 0 aliphatic heterocycles. The van der Waals surface area contributed by atoms with Crippen molar-refractivity contribution in [1.82, 2.24) is 14.8 Å². The maximum Gasteiger partial charge on any atom is 0.345 e. The van der Waals surface area contributed by atoms with Crippen molar-refractivity contribution in [1.29, 1.82) is 5.26 Å². The zero-order valence-corrected chi connectivity index (χ0v) is 8.18. The summed E-state index contributed by atoms with van der Waals surface area (Å²) in [4.78, 5) is 22.7. The van der Waals surface area contributed by atoms with E-state index in [9.17, 15) is 9.59 Å². The summed E-state index contributed by atoms with van der Waals surface area (Å²) >= 11 is 0. The third kappa shape index (κ3) is 1.54. The third-order valence-electron chi connectivity index (χ3n) is 2.21. The smallest absolute Gasteiger partial charge is 0.247 e. The van der Waals surface area contributed by atoms with Crippen LogP contribution in [0.1, 0.15) is 11.6 Å². The van der Waals surface area contributed by atoms with Gasteiger partial charge in [-0.3, -0.25) is 0 Å². The fourth-order valence-electron chi connectivity index (χ4n) is 1.47. The fraction of sp³-hybridized carbons (Fsp3) is 0.100. The maximum atomic E-state index is 11.3. The number of aromatic amines is 2. The van der Waals surface area contributed by atoms with E-state index >= 15 is 0 Å². The number of nitriles is 1. The van der Waals surface area contributed by atoms with Crippen molar-refractivity contribution in [3.05, 3.63) is 56.9 Å². The van der Waals surface area contributed by atoms with Gasteiger partial charge in [-0.2, -0.15) is 5.26 Å². The molecule has 0 spiro atoms. The van der Waals surface area contributed by atoms with E-state index < -0.39 is 17.4 Å². The van der Waals surface area contributed by atoms with E-state index in [1.54, 1.807) is 30.3 Å². The van der Waals surface area contributed by atoms with Crippen LogP contribution in [0.5, 0.6) is 0 Å². The number of nitrogens with zero attached hydrogens (tertiary/aromatic N) is 2. The van der Waals surface area contributed by atoms with Crippen LogP contribution in [-0.4, -0.2) is 14.8 Å². The first-order valence-electron chi connectivity index (χ1n) is 4.58. The second kappa shape index (κ2) is 3.90. The molecule has 2 rings (SSSR count). The molecule has 0 radical (unpaired) electrons. The lowest BCUT2D eigenvalue weighted by Crippen LogP contribution is -2.30. The zero-order chi connectivity index (χ0) is 11.5. The van der Waals surface area contributed by atoms with Crippen molar-refractivity contribution >= 4 is 0 Å². The normalized spacial score (nSPS) is 11.9. The molecule has 1 aromatic heterocycles. The van der Waals surface area contributed by atoms with Crippen LogP contribution in [-0.2, 0) is 0 Å². The Hall–Kier alpha value is -2.55. The molecule has 0 aliphatic carbocycles. The predicted octanol–water partition coefficient (Wildman–Crippen LogP) is -0.0223.